The van der Waals surface area contributed by atoms with E-state index in [1.807, 2.05) is 0 Å². The van der Waals surface area contributed by atoms with E-state index in [4.69, 9.17) is 10.00 Å². The number of fused-ring (bicyclic) bond motifs is 1. The average molecular weight is 179 g/mol. The van der Waals surface area contributed by atoms with Crippen molar-refractivity contribution < 1.29 is 9.84 Å². The van der Waals surface area contributed by atoms with Crippen molar-refractivity contribution in [2.45, 2.75) is 25.7 Å². The molecule has 3 aliphatic rings. The molecule has 1 heterocycles. The van der Waals surface area contributed by atoms with Gasteiger partial charge in [-0.1, -0.05) is 6.92 Å². The zero-order valence-electron chi connectivity index (χ0n) is 7.55. The van der Waals surface area contributed by atoms with Gasteiger partial charge < -0.3 is 9.84 Å². The van der Waals surface area contributed by atoms with Crippen LogP contribution in [0.15, 0.2) is 0 Å². The monoisotopic (exact) mass is 179 g/mol. The molecular formula is C10H13NO2. The van der Waals surface area contributed by atoms with Crippen LogP contribution in [-0.4, -0.2) is 17.5 Å². The third kappa shape index (κ3) is 0.722. The van der Waals surface area contributed by atoms with E-state index in [9.17, 15) is 5.11 Å². The van der Waals surface area contributed by atoms with Gasteiger partial charge in [0.1, 0.15) is 0 Å². The van der Waals surface area contributed by atoms with Crippen molar-refractivity contribution in [1.29, 1.82) is 5.26 Å². The molecule has 1 N–H and O–H groups in total. The first-order chi connectivity index (χ1) is 6.24. The Hall–Kier alpha value is -0.590. The van der Waals surface area contributed by atoms with E-state index in [0.717, 1.165) is 6.42 Å². The molecular weight excluding hydrogens is 166 g/mol. The van der Waals surface area contributed by atoms with Crippen molar-refractivity contribution in [2.24, 2.45) is 29.6 Å². The molecule has 2 aliphatic carbocycles. The van der Waals surface area contributed by atoms with Gasteiger partial charge in [0, 0.05) is 5.92 Å². The fraction of sp³-hybridized carbons (Fsp3) is 0.900. The summed E-state index contributed by atoms with van der Waals surface area (Å²) in [5.41, 5.74) is 0. The van der Waals surface area contributed by atoms with Crippen molar-refractivity contribution in [3.63, 3.8) is 0 Å². The minimum atomic E-state index is -0.672. The highest BCUT2D eigenvalue weighted by atomic mass is 16.6. The van der Waals surface area contributed by atoms with Gasteiger partial charge in [0.05, 0.1) is 18.1 Å². The zero-order chi connectivity index (χ0) is 9.16. The van der Waals surface area contributed by atoms with Gasteiger partial charge in [-0.05, 0) is 24.2 Å². The van der Waals surface area contributed by atoms with Gasteiger partial charge >= 0.3 is 0 Å². The molecule has 3 heteroatoms. The Bertz CT molecular complexity index is 285. The van der Waals surface area contributed by atoms with Crippen LogP contribution in [0.1, 0.15) is 13.3 Å². The lowest BCUT2D eigenvalue weighted by Gasteiger charge is -2.26. The summed E-state index contributed by atoms with van der Waals surface area (Å²) < 4.78 is 5.49. The molecule has 1 saturated heterocycles. The van der Waals surface area contributed by atoms with Gasteiger partial charge in [-0.15, -0.1) is 0 Å². The van der Waals surface area contributed by atoms with Gasteiger partial charge in [-0.3, -0.25) is 0 Å². The van der Waals surface area contributed by atoms with E-state index in [2.05, 4.69) is 13.0 Å². The number of ether oxygens (including phenoxy) is 1. The SMILES string of the molecule is CC1C2CC3C1OC(O)C3C2C#N. The summed E-state index contributed by atoms with van der Waals surface area (Å²) in [6.07, 6.45) is 0.649. The summed E-state index contributed by atoms with van der Waals surface area (Å²) in [5, 5.41) is 18.7. The smallest absolute Gasteiger partial charge is 0.159 e. The number of nitriles is 1. The lowest BCUT2D eigenvalue weighted by atomic mass is 9.75. The zero-order valence-corrected chi connectivity index (χ0v) is 7.55. The minimum absolute atomic E-state index is 0.0359. The molecule has 70 valence electrons. The molecule has 3 nitrogen and oxygen atoms in total. The Morgan fingerprint density at radius 3 is 2.92 bits per heavy atom. The van der Waals surface area contributed by atoms with Crippen LogP contribution in [0, 0.1) is 40.9 Å². The van der Waals surface area contributed by atoms with Gasteiger partial charge in [0.2, 0.25) is 0 Å². The molecule has 3 fully saturated rings. The Morgan fingerprint density at radius 2 is 2.23 bits per heavy atom. The third-order valence-electron chi connectivity index (χ3n) is 4.31. The van der Waals surface area contributed by atoms with Crippen LogP contribution >= 0.6 is 0 Å². The van der Waals surface area contributed by atoms with E-state index < -0.39 is 6.29 Å². The van der Waals surface area contributed by atoms with Gasteiger partial charge in [0.25, 0.3) is 0 Å². The van der Waals surface area contributed by atoms with Gasteiger partial charge in [-0.25, -0.2) is 0 Å². The molecule has 0 aromatic rings. The van der Waals surface area contributed by atoms with Crippen molar-refractivity contribution >= 4 is 0 Å². The molecule has 7 unspecified atom stereocenters. The van der Waals surface area contributed by atoms with Crippen LogP contribution in [0.4, 0.5) is 0 Å². The Labute approximate surface area is 77.3 Å². The molecule has 2 bridgehead atoms. The largest absolute Gasteiger partial charge is 0.368 e. The maximum Gasteiger partial charge on any atom is 0.159 e. The van der Waals surface area contributed by atoms with Crippen LogP contribution in [0.25, 0.3) is 0 Å². The Balaban J connectivity index is 2.02. The summed E-state index contributed by atoms with van der Waals surface area (Å²) in [4.78, 5) is 0. The van der Waals surface area contributed by atoms with Crippen LogP contribution < -0.4 is 0 Å². The van der Waals surface area contributed by atoms with Crippen molar-refractivity contribution in [3.05, 3.63) is 0 Å². The molecule has 0 spiro atoms. The number of hydrogen-bond acceptors (Lipinski definition) is 3. The predicted octanol–water partition coefficient (Wildman–Crippen LogP) is 0.745. The van der Waals surface area contributed by atoms with Crippen LogP contribution in [-0.2, 0) is 4.74 Å². The molecule has 0 aromatic carbocycles. The molecule has 1 aliphatic heterocycles. The second-order valence-corrected chi connectivity index (χ2v) is 4.65. The maximum absolute atomic E-state index is 9.64. The highest BCUT2D eigenvalue weighted by molar-refractivity contribution is 5.14. The predicted molar refractivity (Wildman–Crippen MR) is 44.2 cm³/mol. The van der Waals surface area contributed by atoms with Crippen LogP contribution in [0.3, 0.4) is 0 Å². The highest BCUT2D eigenvalue weighted by Crippen LogP contribution is 2.61. The summed E-state index contributed by atoms with van der Waals surface area (Å²) in [7, 11) is 0. The lowest BCUT2D eigenvalue weighted by molar-refractivity contribution is -0.110. The van der Waals surface area contributed by atoms with Crippen LogP contribution in [0.5, 0.6) is 0 Å². The lowest BCUT2D eigenvalue weighted by Crippen LogP contribution is -2.31. The quantitative estimate of drug-likeness (QED) is 0.597. The van der Waals surface area contributed by atoms with E-state index >= 15 is 0 Å². The molecule has 0 aromatic heterocycles. The highest BCUT2D eigenvalue weighted by Gasteiger charge is 2.64. The minimum Gasteiger partial charge on any atom is -0.368 e. The van der Waals surface area contributed by atoms with Crippen molar-refractivity contribution in [1.82, 2.24) is 0 Å². The summed E-state index contributed by atoms with van der Waals surface area (Å²) >= 11 is 0. The summed E-state index contributed by atoms with van der Waals surface area (Å²) in [6, 6.07) is 2.34. The van der Waals surface area contributed by atoms with Gasteiger partial charge in [-0.2, -0.15) is 5.26 Å². The van der Waals surface area contributed by atoms with Gasteiger partial charge in [0.15, 0.2) is 6.29 Å². The summed E-state index contributed by atoms with van der Waals surface area (Å²) in [5.74, 6) is 1.54. The third-order valence-corrected chi connectivity index (χ3v) is 4.31. The molecule has 0 radical (unpaired) electrons. The van der Waals surface area contributed by atoms with E-state index in [1.54, 1.807) is 0 Å². The average Bonchev–Trinajstić information content (AvgIpc) is 2.68. The number of rotatable bonds is 0. The van der Waals surface area contributed by atoms with Crippen molar-refractivity contribution in [3.8, 4) is 6.07 Å². The van der Waals surface area contributed by atoms with Crippen molar-refractivity contribution in [2.75, 3.05) is 0 Å². The second-order valence-electron chi connectivity index (χ2n) is 4.65. The number of aliphatic hydroxyl groups excluding tert-OH is 1. The normalized spacial score (nSPS) is 62.7. The first-order valence-corrected chi connectivity index (χ1v) is 4.97. The molecule has 7 atom stereocenters. The van der Waals surface area contributed by atoms with Crippen LogP contribution in [0.2, 0.25) is 0 Å². The Kier molecular flexibility index (Phi) is 1.35. The fourth-order valence-electron chi connectivity index (χ4n) is 3.75. The fourth-order valence-corrected chi connectivity index (χ4v) is 3.75. The maximum atomic E-state index is 9.64. The first-order valence-electron chi connectivity index (χ1n) is 4.97. The first kappa shape index (κ1) is 7.78. The molecule has 13 heavy (non-hydrogen) atoms. The topological polar surface area (TPSA) is 53.2 Å². The number of aliphatic hydroxyl groups is 1. The number of nitrogens with zero attached hydrogens (tertiary/aromatic N) is 1. The molecule has 2 saturated carbocycles. The molecule has 0 amide bonds. The number of hydrogen-bond donors (Lipinski definition) is 1. The summed E-state index contributed by atoms with van der Waals surface area (Å²) in [6.45, 7) is 2.15. The van der Waals surface area contributed by atoms with E-state index in [1.165, 1.54) is 0 Å². The second kappa shape index (κ2) is 2.26. The Morgan fingerprint density at radius 1 is 1.46 bits per heavy atom. The molecule has 3 rings (SSSR count). The standard InChI is InChI=1S/C10H13NO2/c1-4-5-2-6-8(7(5)3-11)10(12)13-9(4)6/h4-10,12H,2H2,1H3. The van der Waals surface area contributed by atoms with E-state index in [0.29, 0.717) is 17.8 Å². The van der Waals surface area contributed by atoms with E-state index in [-0.39, 0.29) is 17.9 Å².